The molecule has 1 amide bonds. The van der Waals surface area contributed by atoms with Gasteiger partial charge in [0, 0.05) is 24.5 Å². The van der Waals surface area contributed by atoms with E-state index in [4.69, 9.17) is 5.73 Å². The third-order valence-electron chi connectivity index (χ3n) is 3.45. The third kappa shape index (κ3) is 6.14. The van der Waals surface area contributed by atoms with E-state index in [0.717, 1.165) is 31.7 Å². The first kappa shape index (κ1) is 17.5. The molecule has 1 aromatic rings. The van der Waals surface area contributed by atoms with Gasteiger partial charge in [-0.15, -0.1) is 0 Å². The molecule has 0 aliphatic rings. The molecule has 1 rings (SSSR count). The van der Waals surface area contributed by atoms with E-state index in [1.165, 1.54) is 0 Å². The molecule has 0 aromatic heterocycles. The quantitative estimate of drug-likeness (QED) is 0.718. The van der Waals surface area contributed by atoms with E-state index in [9.17, 15) is 4.79 Å². The SMILES string of the molecule is CCCN(CCN(C)C)C(C)C(=O)Nc1ccc(N)cc1. The first-order chi connectivity index (χ1) is 9.93. The molecule has 0 aliphatic heterocycles. The van der Waals surface area contributed by atoms with Crippen LogP contribution >= 0.6 is 0 Å². The fourth-order valence-electron chi connectivity index (χ4n) is 2.09. The standard InChI is InChI=1S/C16H28N4O/c1-5-10-20(12-11-19(3)4)13(2)16(21)18-15-8-6-14(17)7-9-15/h6-9,13H,5,10-12,17H2,1-4H3,(H,18,21). The molecular weight excluding hydrogens is 264 g/mol. The summed E-state index contributed by atoms with van der Waals surface area (Å²) in [4.78, 5) is 16.7. The van der Waals surface area contributed by atoms with Gasteiger partial charge in [-0.3, -0.25) is 9.69 Å². The number of anilines is 2. The number of hydrogen-bond donors (Lipinski definition) is 2. The van der Waals surface area contributed by atoms with Crippen LogP contribution in [0.2, 0.25) is 0 Å². The van der Waals surface area contributed by atoms with E-state index in [1.54, 1.807) is 12.1 Å². The summed E-state index contributed by atoms with van der Waals surface area (Å²) in [6.07, 6.45) is 1.03. The van der Waals surface area contributed by atoms with E-state index >= 15 is 0 Å². The normalized spacial score (nSPS) is 12.7. The van der Waals surface area contributed by atoms with Gasteiger partial charge in [-0.2, -0.15) is 0 Å². The zero-order chi connectivity index (χ0) is 15.8. The molecule has 0 fully saturated rings. The lowest BCUT2D eigenvalue weighted by molar-refractivity contribution is -0.120. The number of likely N-dealkylation sites (N-methyl/N-ethyl adjacent to an activating group) is 1. The molecule has 1 atom stereocenters. The van der Waals surface area contributed by atoms with Crippen LogP contribution in [0.3, 0.4) is 0 Å². The summed E-state index contributed by atoms with van der Waals surface area (Å²) in [5.74, 6) is 0.0203. The van der Waals surface area contributed by atoms with Crippen LogP contribution in [0.5, 0.6) is 0 Å². The Labute approximate surface area is 128 Å². The Morgan fingerprint density at radius 2 is 1.81 bits per heavy atom. The predicted octanol–water partition coefficient (Wildman–Crippen LogP) is 1.87. The number of rotatable bonds is 8. The van der Waals surface area contributed by atoms with Crippen LogP contribution in [0, 0.1) is 0 Å². The minimum absolute atomic E-state index is 0.0203. The van der Waals surface area contributed by atoms with Crippen molar-refractivity contribution in [1.29, 1.82) is 0 Å². The highest BCUT2D eigenvalue weighted by Gasteiger charge is 2.20. The lowest BCUT2D eigenvalue weighted by Gasteiger charge is -2.29. The molecule has 118 valence electrons. The van der Waals surface area contributed by atoms with Gasteiger partial charge in [0.2, 0.25) is 5.91 Å². The fourth-order valence-corrected chi connectivity index (χ4v) is 2.09. The average Bonchev–Trinajstić information content (AvgIpc) is 2.45. The van der Waals surface area contributed by atoms with Crippen molar-refractivity contribution in [2.24, 2.45) is 0 Å². The minimum Gasteiger partial charge on any atom is -0.399 e. The van der Waals surface area contributed by atoms with Crippen LogP contribution in [0.25, 0.3) is 0 Å². The van der Waals surface area contributed by atoms with Crippen molar-refractivity contribution in [3.8, 4) is 0 Å². The molecule has 5 nitrogen and oxygen atoms in total. The highest BCUT2D eigenvalue weighted by atomic mass is 16.2. The van der Waals surface area contributed by atoms with Crippen LogP contribution in [0.1, 0.15) is 20.3 Å². The Balaban J connectivity index is 2.61. The molecule has 0 bridgehead atoms. The molecule has 0 spiro atoms. The Morgan fingerprint density at radius 3 is 2.33 bits per heavy atom. The van der Waals surface area contributed by atoms with E-state index < -0.39 is 0 Å². The lowest BCUT2D eigenvalue weighted by Crippen LogP contribution is -2.45. The molecule has 3 N–H and O–H groups in total. The van der Waals surface area contributed by atoms with Crippen molar-refractivity contribution in [3.63, 3.8) is 0 Å². The van der Waals surface area contributed by atoms with Crippen molar-refractivity contribution in [2.45, 2.75) is 26.3 Å². The summed E-state index contributed by atoms with van der Waals surface area (Å²) in [6.45, 7) is 6.84. The Hall–Kier alpha value is -1.59. The van der Waals surface area contributed by atoms with Gasteiger partial charge in [0.1, 0.15) is 0 Å². The molecule has 1 unspecified atom stereocenters. The summed E-state index contributed by atoms with van der Waals surface area (Å²) in [5, 5.41) is 2.95. The molecule has 0 heterocycles. The number of nitrogens with zero attached hydrogens (tertiary/aromatic N) is 2. The fraction of sp³-hybridized carbons (Fsp3) is 0.562. The zero-order valence-electron chi connectivity index (χ0n) is 13.6. The second-order valence-electron chi connectivity index (χ2n) is 5.63. The maximum atomic E-state index is 12.4. The van der Waals surface area contributed by atoms with Crippen molar-refractivity contribution in [1.82, 2.24) is 9.80 Å². The smallest absolute Gasteiger partial charge is 0.241 e. The molecule has 0 aliphatic carbocycles. The Morgan fingerprint density at radius 1 is 1.19 bits per heavy atom. The van der Waals surface area contributed by atoms with Gasteiger partial charge < -0.3 is 16.0 Å². The summed E-state index contributed by atoms with van der Waals surface area (Å²) in [7, 11) is 4.09. The molecule has 1 aromatic carbocycles. The van der Waals surface area contributed by atoms with Crippen LogP contribution in [0.4, 0.5) is 11.4 Å². The molecule has 0 saturated carbocycles. The monoisotopic (exact) mass is 292 g/mol. The van der Waals surface area contributed by atoms with Gasteiger partial charge in [-0.25, -0.2) is 0 Å². The van der Waals surface area contributed by atoms with E-state index in [-0.39, 0.29) is 11.9 Å². The molecule has 0 radical (unpaired) electrons. The van der Waals surface area contributed by atoms with E-state index in [1.807, 2.05) is 33.2 Å². The molecule has 21 heavy (non-hydrogen) atoms. The summed E-state index contributed by atoms with van der Waals surface area (Å²) in [6, 6.07) is 7.07. The molecular formula is C16H28N4O. The minimum atomic E-state index is -0.151. The summed E-state index contributed by atoms with van der Waals surface area (Å²) < 4.78 is 0. The number of amides is 1. The average molecular weight is 292 g/mol. The zero-order valence-corrected chi connectivity index (χ0v) is 13.6. The lowest BCUT2D eigenvalue weighted by atomic mass is 10.2. The highest BCUT2D eigenvalue weighted by Crippen LogP contribution is 2.12. The number of benzene rings is 1. The van der Waals surface area contributed by atoms with Crippen LogP contribution in [0.15, 0.2) is 24.3 Å². The second kappa shape index (κ2) is 8.64. The van der Waals surface area contributed by atoms with Crippen molar-refractivity contribution in [2.75, 3.05) is 44.8 Å². The van der Waals surface area contributed by atoms with Gasteiger partial charge in [0.25, 0.3) is 0 Å². The maximum absolute atomic E-state index is 12.4. The predicted molar refractivity (Wildman–Crippen MR) is 89.4 cm³/mol. The number of nitrogen functional groups attached to an aromatic ring is 1. The number of nitrogens with two attached hydrogens (primary N) is 1. The van der Waals surface area contributed by atoms with Crippen molar-refractivity contribution in [3.05, 3.63) is 24.3 Å². The largest absolute Gasteiger partial charge is 0.399 e. The van der Waals surface area contributed by atoms with Crippen LogP contribution < -0.4 is 11.1 Å². The van der Waals surface area contributed by atoms with Gasteiger partial charge in [-0.1, -0.05) is 6.92 Å². The number of carbonyl (C=O) groups is 1. The second-order valence-corrected chi connectivity index (χ2v) is 5.63. The highest BCUT2D eigenvalue weighted by molar-refractivity contribution is 5.94. The Kier molecular flexibility index (Phi) is 7.19. The third-order valence-corrected chi connectivity index (χ3v) is 3.45. The molecule has 0 saturated heterocycles. The topological polar surface area (TPSA) is 61.6 Å². The first-order valence-corrected chi connectivity index (χ1v) is 7.49. The van der Waals surface area contributed by atoms with E-state index in [0.29, 0.717) is 5.69 Å². The number of nitrogens with one attached hydrogen (secondary N) is 1. The number of carbonyl (C=O) groups excluding carboxylic acids is 1. The van der Waals surface area contributed by atoms with E-state index in [2.05, 4.69) is 22.0 Å². The summed E-state index contributed by atoms with van der Waals surface area (Å²) in [5.41, 5.74) is 7.12. The van der Waals surface area contributed by atoms with Crippen molar-refractivity contribution >= 4 is 17.3 Å². The number of hydrogen-bond acceptors (Lipinski definition) is 4. The van der Waals surface area contributed by atoms with Crippen LogP contribution in [-0.2, 0) is 4.79 Å². The summed E-state index contributed by atoms with van der Waals surface area (Å²) >= 11 is 0. The van der Waals surface area contributed by atoms with Gasteiger partial charge in [0.05, 0.1) is 6.04 Å². The van der Waals surface area contributed by atoms with Gasteiger partial charge >= 0.3 is 0 Å². The van der Waals surface area contributed by atoms with Crippen molar-refractivity contribution < 1.29 is 4.79 Å². The van der Waals surface area contributed by atoms with Crippen LogP contribution in [-0.4, -0.2) is 55.5 Å². The van der Waals surface area contributed by atoms with Gasteiger partial charge in [0.15, 0.2) is 0 Å². The molecule has 5 heteroatoms. The van der Waals surface area contributed by atoms with Gasteiger partial charge in [-0.05, 0) is 58.3 Å². The Bertz CT molecular complexity index is 430. The maximum Gasteiger partial charge on any atom is 0.241 e. The first-order valence-electron chi connectivity index (χ1n) is 7.49.